The first-order valence-electron chi connectivity index (χ1n) is 6.08. The van der Waals surface area contributed by atoms with Crippen LogP contribution in [0.15, 0.2) is 24.3 Å². The Balaban J connectivity index is 1.80. The summed E-state index contributed by atoms with van der Waals surface area (Å²) in [5.41, 5.74) is 2.85. The molecule has 1 amide bonds. The summed E-state index contributed by atoms with van der Waals surface area (Å²) >= 11 is 0. The molecule has 6 heteroatoms. The summed E-state index contributed by atoms with van der Waals surface area (Å²) in [6, 6.07) is 5.64. The standard InChI is InChI=1S/C13H13FN4O/c14-8-1-3-9(4-2-8)16-13(19)12-10-7-15-6-5-11(10)17-18-12/h1-4,15H,5-7H2,(H,16,19)(H,17,18). The third kappa shape index (κ3) is 2.34. The molecular weight excluding hydrogens is 247 g/mol. The summed E-state index contributed by atoms with van der Waals surface area (Å²) in [6.07, 6.45) is 0.839. The fourth-order valence-electron chi connectivity index (χ4n) is 2.14. The first kappa shape index (κ1) is 11.9. The van der Waals surface area contributed by atoms with Gasteiger partial charge >= 0.3 is 0 Å². The highest BCUT2D eigenvalue weighted by atomic mass is 19.1. The van der Waals surface area contributed by atoms with Crippen LogP contribution in [0.1, 0.15) is 21.7 Å². The highest BCUT2D eigenvalue weighted by molar-refractivity contribution is 6.04. The number of benzene rings is 1. The Morgan fingerprint density at radius 2 is 2.11 bits per heavy atom. The summed E-state index contributed by atoms with van der Waals surface area (Å²) in [4.78, 5) is 12.1. The molecule has 1 aromatic carbocycles. The van der Waals surface area contributed by atoms with E-state index >= 15 is 0 Å². The quantitative estimate of drug-likeness (QED) is 0.765. The number of amides is 1. The molecule has 0 fully saturated rings. The highest BCUT2D eigenvalue weighted by Gasteiger charge is 2.21. The van der Waals surface area contributed by atoms with Gasteiger partial charge in [-0.15, -0.1) is 0 Å². The van der Waals surface area contributed by atoms with Crippen molar-refractivity contribution in [2.75, 3.05) is 11.9 Å². The number of aromatic nitrogens is 2. The lowest BCUT2D eigenvalue weighted by molar-refractivity contribution is 0.102. The van der Waals surface area contributed by atoms with Crippen LogP contribution in [0.5, 0.6) is 0 Å². The number of hydrogen-bond donors (Lipinski definition) is 3. The molecule has 3 N–H and O–H groups in total. The van der Waals surface area contributed by atoms with Gasteiger partial charge in [0.25, 0.3) is 5.91 Å². The molecule has 5 nitrogen and oxygen atoms in total. The van der Waals surface area contributed by atoms with Crippen LogP contribution in [0.25, 0.3) is 0 Å². The van der Waals surface area contributed by atoms with Crippen LogP contribution in [0.3, 0.4) is 0 Å². The Morgan fingerprint density at radius 3 is 2.89 bits per heavy atom. The molecule has 0 unspecified atom stereocenters. The van der Waals surface area contributed by atoms with Gasteiger partial charge in [0.15, 0.2) is 5.69 Å². The van der Waals surface area contributed by atoms with Crippen molar-refractivity contribution >= 4 is 11.6 Å². The molecule has 98 valence electrons. The van der Waals surface area contributed by atoms with Crippen molar-refractivity contribution in [1.82, 2.24) is 15.5 Å². The van der Waals surface area contributed by atoms with Crippen LogP contribution in [0, 0.1) is 5.82 Å². The lowest BCUT2D eigenvalue weighted by Gasteiger charge is -2.12. The summed E-state index contributed by atoms with van der Waals surface area (Å²) in [6.45, 7) is 1.52. The maximum atomic E-state index is 12.8. The zero-order chi connectivity index (χ0) is 13.2. The number of carbonyl (C=O) groups is 1. The van der Waals surface area contributed by atoms with E-state index in [1.165, 1.54) is 24.3 Å². The molecular formula is C13H13FN4O. The lowest BCUT2D eigenvalue weighted by Crippen LogP contribution is -2.25. The minimum absolute atomic E-state index is 0.284. The van der Waals surface area contributed by atoms with Crippen LogP contribution < -0.4 is 10.6 Å². The largest absolute Gasteiger partial charge is 0.321 e. The van der Waals surface area contributed by atoms with Gasteiger partial charge in [-0.2, -0.15) is 5.10 Å². The summed E-state index contributed by atoms with van der Waals surface area (Å²) in [5, 5.41) is 12.9. The maximum Gasteiger partial charge on any atom is 0.276 e. The van der Waals surface area contributed by atoms with Gasteiger partial charge in [-0.05, 0) is 24.3 Å². The van der Waals surface area contributed by atoms with E-state index < -0.39 is 0 Å². The van der Waals surface area contributed by atoms with E-state index in [1.54, 1.807) is 0 Å². The van der Waals surface area contributed by atoms with Crippen molar-refractivity contribution in [3.8, 4) is 0 Å². The SMILES string of the molecule is O=C(Nc1ccc(F)cc1)c1n[nH]c2c1CNCC2. The zero-order valence-corrected chi connectivity index (χ0v) is 10.2. The fraction of sp³-hybridized carbons (Fsp3) is 0.231. The van der Waals surface area contributed by atoms with Crippen LogP contribution in [-0.4, -0.2) is 22.6 Å². The second kappa shape index (κ2) is 4.81. The van der Waals surface area contributed by atoms with E-state index in [0.717, 1.165) is 24.2 Å². The van der Waals surface area contributed by atoms with Crippen molar-refractivity contribution < 1.29 is 9.18 Å². The molecule has 0 radical (unpaired) electrons. The highest BCUT2D eigenvalue weighted by Crippen LogP contribution is 2.17. The maximum absolute atomic E-state index is 12.8. The fourth-order valence-corrected chi connectivity index (χ4v) is 2.14. The number of halogens is 1. The average Bonchev–Trinajstić information content (AvgIpc) is 2.85. The van der Waals surface area contributed by atoms with Crippen molar-refractivity contribution in [3.05, 3.63) is 47.0 Å². The number of rotatable bonds is 2. The van der Waals surface area contributed by atoms with Crippen molar-refractivity contribution in [2.24, 2.45) is 0 Å². The van der Waals surface area contributed by atoms with Gasteiger partial charge in [-0.25, -0.2) is 4.39 Å². The Morgan fingerprint density at radius 1 is 1.32 bits per heavy atom. The molecule has 0 saturated carbocycles. The van der Waals surface area contributed by atoms with Crippen LogP contribution in [0.4, 0.5) is 10.1 Å². The molecule has 0 aliphatic carbocycles. The predicted octanol–water partition coefficient (Wildman–Crippen LogP) is 1.45. The van der Waals surface area contributed by atoms with Crippen LogP contribution in [-0.2, 0) is 13.0 Å². The van der Waals surface area contributed by atoms with Crippen molar-refractivity contribution in [3.63, 3.8) is 0 Å². The summed E-state index contributed by atoms with van der Waals surface area (Å²) in [7, 11) is 0. The molecule has 3 rings (SSSR count). The monoisotopic (exact) mass is 260 g/mol. The zero-order valence-electron chi connectivity index (χ0n) is 10.2. The molecule has 2 heterocycles. The Bertz CT molecular complexity index is 606. The summed E-state index contributed by atoms with van der Waals surface area (Å²) in [5.74, 6) is -0.618. The number of nitrogens with one attached hydrogen (secondary N) is 3. The van der Waals surface area contributed by atoms with Gasteiger partial charge in [0.05, 0.1) is 0 Å². The molecule has 0 spiro atoms. The molecule has 1 aliphatic heterocycles. The first-order valence-corrected chi connectivity index (χ1v) is 6.08. The van der Waals surface area contributed by atoms with E-state index in [4.69, 9.17) is 0 Å². The second-order valence-electron chi connectivity index (χ2n) is 4.42. The Kier molecular flexibility index (Phi) is 3.00. The molecule has 0 atom stereocenters. The third-order valence-corrected chi connectivity index (χ3v) is 3.12. The molecule has 1 aromatic heterocycles. The number of aromatic amines is 1. The lowest BCUT2D eigenvalue weighted by atomic mass is 10.1. The van der Waals surface area contributed by atoms with Gasteiger partial charge < -0.3 is 10.6 Å². The summed E-state index contributed by atoms with van der Waals surface area (Å²) < 4.78 is 12.8. The predicted molar refractivity (Wildman–Crippen MR) is 68.4 cm³/mol. The van der Waals surface area contributed by atoms with Crippen molar-refractivity contribution in [2.45, 2.75) is 13.0 Å². The number of carbonyl (C=O) groups excluding carboxylic acids is 1. The third-order valence-electron chi connectivity index (χ3n) is 3.12. The topological polar surface area (TPSA) is 69.8 Å². The first-order chi connectivity index (χ1) is 9.24. The number of fused-ring (bicyclic) bond motifs is 1. The Labute approximate surface area is 109 Å². The van der Waals surface area contributed by atoms with Gasteiger partial charge in [0.2, 0.25) is 0 Å². The molecule has 19 heavy (non-hydrogen) atoms. The van der Waals surface area contributed by atoms with E-state index in [0.29, 0.717) is 17.9 Å². The van der Waals surface area contributed by atoms with Crippen LogP contribution >= 0.6 is 0 Å². The van der Waals surface area contributed by atoms with E-state index in [9.17, 15) is 9.18 Å². The van der Waals surface area contributed by atoms with E-state index in [2.05, 4.69) is 20.8 Å². The number of nitrogens with zero attached hydrogens (tertiary/aromatic N) is 1. The van der Waals surface area contributed by atoms with Gasteiger partial charge in [0.1, 0.15) is 5.82 Å². The molecule has 1 aliphatic rings. The second-order valence-corrected chi connectivity index (χ2v) is 4.42. The minimum Gasteiger partial charge on any atom is -0.321 e. The number of hydrogen-bond acceptors (Lipinski definition) is 3. The van der Waals surface area contributed by atoms with Crippen molar-refractivity contribution in [1.29, 1.82) is 0 Å². The normalized spacial score (nSPS) is 13.9. The number of H-pyrrole nitrogens is 1. The smallest absolute Gasteiger partial charge is 0.276 e. The van der Waals surface area contributed by atoms with Gasteiger partial charge in [-0.1, -0.05) is 0 Å². The average molecular weight is 260 g/mol. The van der Waals surface area contributed by atoms with Crippen LogP contribution in [0.2, 0.25) is 0 Å². The molecule has 2 aromatic rings. The number of anilines is 1. The minimum atomic E-state index is -0.334. The van der Waals surface area contributed by atoms with Gasteiger partial charge in [0, 0.05) is 36.5 Å². The Hall–Kier alpha value is -2.21. The molecule has 0 bridgehead atoms. The molecule has 0 saturated heterocycles. The van der Waals surface area contributed by atoms with E-state index in [1.807, 2.05) is 0 Å². The van der Waals surface area contributed by atoms with Gasteiger partial charge in [-0.3, -0.25) is 9.89 Å². The van der Waals surface area contributed by atoms with E-state index in [-0.39, 0.29) is 11.7 Å².